The van der Waals surface area contributed by atoms with E-state index in [0.717, 1.165) is 5.56 Å². The van der Waals surface area contributed by atoms with E-state index < -0.39 is 11.8 Å². The van der Waals surface area contributed by atoms with E-state index in [-0.39, 0.29) is 11.5 Å². The summed E-state index contributed by atoms with van der Waals surface area (Å²) in [5, 5.41) is 5.52. The number of amides is 2. The summed E-state index contributed by atoms with van der Waals surface area (Å²) in [4.78, 5) is 39.1. The van der Waals surface area contributed by atoms with Crippen molar-refractivity contribution < 1.29 is 23.9 Å². The van der Waals surface area contributed by atoms with Gasteiger partial charge in [-0.1, -0.05) is 68.5 Å². The maximum Gasteiger partial charge on any atom is 0.272 e. The standard InChI is InChI=1S/C36H34N2O5/c1-24(2)27-14-10-25(11-15-27)12-20-32(39)28-16-18-30(19-17-28)37-36(41)31(38-35(40)29-8-6-5-7-9-29)22-26-13-21-33(42-3)34(23-26)43-4/h5-24H,1-4H3,(H,37,41)(H,38,40)/b20-12+,31-22-. The van der Waals surface area contributed by atoms with Gasteiger partial charge in [-0.3, -0.25) is 14.4 Å². The second kappa shape index (κ2) is 14.5. The molecule has 218 valence electrons. The van der Waals surface area contributed by atoms with E-state index in [1.807, 2.05) is 12.1 Å². The van der Waals surface area contributed by atoms with Gasteiger partial charge in [-0.25, -0.2) is 0 Å². The molecule has 0 aliphatic carbocycles. The molecule has 0 fully saturated rings. The molecule has 7 heteroatoms. The normalized spacial score (nSPS) is 11.3. The maximum absolute atomic E-state index is 13.4. The number of hydrogen-bond donors (Lipinski definition) is 2. The zero-order valence-corrected chi connectivity index (χ0v) is 24.6. The van der Waals surface area contributed by atoms with Gasteiger partial charge < -0.3 is 20.1 Å². The van der Waals surface area contributed by atoms with Crippen LogP contribution in [0.2, 0.25) is 0 Å². The zero-order chi connectivity index (χ0) is 30.8. The molecule has 0 aliphatic rings. The molecule has 0 radical (unpaired) electrons. The Balaban J connectivity index is 1.51. The molecule has 0 aromatic heterocycles. The number of hydrogen-bond acceptors (Lipinski definition) is 5. The van der Waals surface area contributed by atoms with Crippen LogP contribution in [0.5, 0.6) is 11.5 Å². The topological polar surface area (TPSA) is 93.7 Å². The van der Waals surface area contributed by atoms with Crippen molar-refractivity contribution in [3.05, 3.63) is 137 Å². The number of ether oxygens (including phenoxy) is 2. The van der Waals surface area contributed by atoms with Crippen molar-refractivity contribution in [3.63, 3.8) is 0 Å². The third kappa shape index (κ3) is 8.30. The molecule has 0 saturated carbocycles. The van der Waals surface area contributed by atoms with Crippen LogP contribution in [0.3, 0.4) is 0 Å². The summed E-state index contributed by atoms with van der Waals surface area (Å²) in [6.07, 6.45) is 4.86. The Labute approximate surface area is 251 Å². The summed E-state index contributed by atoms with van der Waals surface area (Å²) >= 11 is 0. The number of carbonyl (C=O) groups is 3. The number of anilines is 1. The van der Waals surface area contributed by atoms with Crippen LogP contribution in [0.4, 0.5) is 5.69 Å². The molecule has 4 rings (SSSR count). The number of benzene rings is 4. The van der Waals surface area contributed by atoms with E-state index in [2.05, 4.69) is 36.6 Å². The summed E-state index contributed by atoms with van der Waals surface area (Å²) in [6, 6.07) is 28.4. The molecule has 7 nitrogen and oxygen atoms in total. The Morgan fingerprint density at radius 1 is 0.721 bits per heavy atom. The largest absolute Gasteiger partial charge is 0.493 e. The molecule has 4 aromatic rings. The predicted molar refractivity (Wildman–Crippen MR) is 170 cm³/mol. The summed E-state index contributed by atoms with van der Waals surface area (Å²) in [5.41, 5.74) is 4.15. The van der Waals surface area contributed by atoms with Gasteiger partial charge in [0, 0.05) is 16.8 Å². The molecule has 0 heterocycles. The van der Waals surface area contributed by atoms with Crippen LogP contribution < -0.4 is 20.1 Å². The fourth-order valence-corrected chi connectivity index (χ4v) is 4.23. The molecular formula is C36H34N2O5. The Morgan fingerprint density at radius 2 is 1.37 bits per heavy atom. The number of ketones is 1. The third-order valence-electron chi connectivity index (χ3n) is 6.70. The van der Waals surface area contributed by atoms with Gasteiger partial charge in [0.25, 0.3) is 11.8 Å². The Bertz CT molecular complexity index is 1640. The van der Waals surface area contributed by atoms with E-state index >= 15 is 0 Å². The first-order valence-corrected chi connectivity index (χ1v) is 13.8. The van der Waals surface area contributed by atoms with Gasteiger partial charge in [0.05, 0.1) is 14.2 Å². The van der Waals surface area contributed by atoms with Crippen LogP contribution in [0.15, 0.2) is 109 Å². The highest BCUT2D eigenvalue weighted by molar-refractivity contribution is 6.11. The van der Waals surface area contributed by atoms with Gasteiger partial charge in [-0.2, -0.15) is 0 Å². The second-order valence-electron chi connectivity index (χ2n) is 10.0. The first-order chi connectivity index (χ1) is 20.8. The molecule has 2 N–H and O–H groups in total. The SMILES string of the molecule is COc1ccc(/C=C(\NC(=O)c2ccccc2)C(=O)Nc2ccc(C(=O)/C=C/c3ccc(C(C)C)cc3)cc2)cc1OC. The highest BCUT2D eigenvalue weighted by Crippen LogP contribution is 2.28. The van der Waals surface area contributed by atoms with Crippen molar-refractivity contribution in [3.8, 4) is 11.5 Å². The summed E-state index contributed by atoms with van der Waals surface area (Å²) < 4.78 is 10.7. The lowest BCUT2D eigenvalue weighted by atomic mass is 10.0. The van der Waals surface area contributed by atoms with Crippen LogP contribution in [0, 0.1) is 0 Å². The maximum atomic E-state index is 13.4. The van der Waals surface area contributed by atoms with Crippen molar-refractivity contribution in [2.24, 2.45) is 0 Å². The Morgan fingerprint density at radius 3 is 2.00 bits per heavy atom. The van der Waals surface area contributed by atoms with Crippen LogP contribution in [-0.2, 0) is 4.79 Å². The van der Waals surface area contributed by atoms with Crippen LogP contribution >= 0.6 is 0 Å². The smallest absolute Gasteiger partial charge is 0.272 e. The second-order valence-corrected chi connectivity index (χ2v) is 10.0. The summed E-state index contributed by atoms with van der Waals surface area (Å²) in [6.45, 7) is 4.27. The highest BCUT2D eigenvalue weighted by atomic mass is 16.5. The van der Waals surface area contributed by atoms with E-state index in [1.165, 1.54) is 25.9 Å². The minimum atomic E-state index is -0.539. The molecule has 0 saturated heterocycles. The number of methoxy groups -OCH3 is 2. The average Bonchev–Trinajstić information content (AvgIpc) is 3.04. The van der Waals surface area contributed by atoms with Gasteiger partial charge in [0.2, 0.25) is 0 Å². The molecule has 43 heavy (non-hydrogen) atoms. The predicted octanol–water partition coefficient (Wildman–Crippen LogP) is 7.13. The molecule has 0 bridgehead atoms. The van der Waals surface area contributed by atoms with Crippen molar-refractivity contribution >= 4 is 35.4 Å². The number of nitrogens with one attached hydrogen (secondary N) is 2. The molecular weight excluding hydrogens is 540 g/mol. The van der Waals surface area contributed by atoms with E-state index in [9.17, 15) is 14.4 Å². The van der Waals surface area contributed by atoms with E-state index in [1.54, 1.807) is 84.9 Å². The van der Waals surface area contributed by atoms with Crippen molar-refractivity contribution in [1.29, 1.82) is 0 Å². The van der Waals surface area contributed by atoms with E-state index in [4.69, 9.17) is 9.47 Å². The van der Waals surface area contributed by atoms with Gasteiger partial charge in [0.15, 0.2) is 17.3 Å². The van der Waals surface area contributed by atoms with Gasteiger partial charge >= 0.3 is 0 Å². The third-order valence-corrected chi connectivity index (χ3v) is 6.70. The first kappa shape index (κ1) is 30.5. The minimum absolute atomic E-state index is 0.0210. The number of allylic oxidation sites excluding steroid dienone is 1. The first-order valence-electron chi connectivity index (χ1n) is 13.8. The fourth-order valence-electron chi connectivity index (χ4n) is 4.23. The van der Waals surface area contributed by atoms with Gasteiger partial charge in [-0.05, 0) is 83.3 Å². The Hall–Kier alpha value is -5.43. The van der Waals surface area contributed by atoms with E-state index in [0.29, 0.717) is 39.8 Å². The van der Waals surface area contributed by atoms with Crippen molar-refractivity contribution in [1.82, 2.24) is 5.32 Å². The Kier molecular flexibility index (Phi) is 10.3. The lowest BCUT2D eigenvalue weighted by Gasteiger charge is -2.13. The zero-order valence-electron chi connectivity index (χ0n) is 24.6. The molecule has 0 spiro atoms. The average molecular weight is 575 g/mol. The highest BCUT2D eigenvalue weighted by Gasteiger charge is 2.16. The van der Waals surface area contributed by atoms with Crippen LogP contribution in [-0.4, -0.2) is 31.8 Å². The summed E-state index contributed by atoms with van der Waals surface area (Å²) in [5.74, 6) is 0.322. The molecule has 0 unspecified atom stereocenters. The molecule has 2 amide bonds. The van der Waals surface area contributed by atoms with Crippen LogP contribution in [0.1, 0.15) is 57.2 Å². The fraction of sp³-hybridized carbons (Fsp3) is 0.139. The van der Waals surface area contributed by atoms with Gasteiger partial charge in [-0.15, -0.1) is 0 Å². The van der Waals surface area contributed by atoms with Crippen molar-refractivity contribution in [2.45, 2.75) is 19.8 Å². The monoisotopic (exact) mass is 574 g/mol. The number of carbonyl (C=O) groups excluding carboxylic acids is 3. The van der Waals surface area contributed by atoms with Crippen LogP contribution in [0.25, 0.3) is 12.2 Å². The minimum Gasteiger partial charge on any atom is -0.493 e. The molecule has 0 aliphatic heterocycles. The molecule has 0 atom stereocenters. The number of rotatable bonds is 11. The molecule has 4 aromatic carbocycles. The quantitative estimate of drug-likeness (QED) is 0.147. The lowest BCUT2D eigenvalue weighted by Crippen LogP contribution is -2.30. The van der Waals surface area contributed by atoms with Crippen molar-refractivity contribution in [2.75, 3.05) is 19.5 Å². The summed E-state index contributed by atoms with van der Waals surface area (Å²) in [7, 11) is 3.05. The van der Waals surface area contributed by atoms with Gasteiger partial charge in [0.1, 0.15) is 5.70 Å². The lowest BCUT2D eigenvalue weighted by molar-refractivity contribution is -0.113.